The van der Waals surface area contributed by atoms with Gasteiger partial charge in [0.05, 0.1) is 5.71 Å². The first-order valence-corrected chi connectivity index (χ1v) is 5.61. The summed E-state index contributed by atoms with van der Waals surface area (Å²) in [5, 5.41) is 4.01. The molecule has 0 aliphatic rings. The number of hydrogen-bond acceptors (Lipinski definition) is 2. The summed E-state index contributed by atoms with van der Waals surface area (Å²) in [5.41, 5.74) is 2.12. The Morgan fingerprint density at radius 1 is 1.33 bits per heavy atom. The molecule has 0 spiro atoms. The molecule has 2 nitrogen and oxygen atoms in total. The third-order valence-corrected chi connectivity index (χ3v) is 2.23. The van der Waals surface area contributed by atoms with Crippen LogP contribution in [0.5, 0.6) is 0 Å². The minimum Gasteiger partial charge on any atom is -0.391 e. The third kappa shape index (κ3) is 5.43. The first-order chi connectivity index (χ1) is 7.33. The molecular formula is C12H16ClNO. The van der Waals surface area contributed by atoms with Crippen LogP contribution < -0.4 is 0 Å². The molecule has 1 aromatic rings. The highest BCUT2D eigenvalue weighted by Gasteiger charge is 1.93. The molecule has 1 aromatic carbocycles. The zero-order valence-electron chi connectivity index (χ0n) is 8.95. The van der Waals surface area contributed by atoms with Gasteiger partial charge in [-0.3, -0.25) is 0 Å². The number of hydrogen-bond donors (Lipinski definition) is 0. The van der Waals surface area contributed by atoms with Crippen LogP contribution in [0.15, 0.2) is 35.5 Å². The minimum absolute atomic E-state index is 0.527. The van der Waals surface area contributed by atoms with Gasteiger partial charge in [0.25, 0.3) is 0 Å². The van der Waals surface area contributed by atoms with Crippen LogP contribution in [0.3, 0.4) is 0 Å². The zero-order valence-corrected chi connectivity index (χ0v) is 9.70. The SMILES string of the molecule is CC(CCCCl)=NOCc1ccccc1. The van der Waals surface area contributed by atoms with Crippen LogP contribution in [0.1, 0.15) is 25.3 Å². The van der Waals surface area contributed by atoms with Crippen LogP contribution in [-0.2, 0) is 11.4 Å². The largest absolute Gasteiger partial charge is 0.391 e. The molecule has 0 fully saturated rings. The Morgan fingerprint density at radius 2 is 2.07 bits per heavy atom. The molecule has 0 radical (unpaired) electrons. The normalized spacial score (nSPS) is 11.5. The Kier molecular flexibility index (Phi) is 5.86. The maximum Gasteiger partial charge on any atom is 0.142 e. The molecule has 0 atom stereocenters. The highest BCUT2D eigenvalue weighted by molar-refractivity contribution is 6.17. The Labute approximate surface area is 95.9 Å². The quantitative estimate of drug-likeness (QED) is 0.412. The highest BCUT2D eigenvalue weighted by atomic mass is 35.5. The standard InChI is InChI=1S/C12H16ClNO/c1-11(6-5-9-13)14-15-10-12-7-3-2-4-8-12/h2-4,7-8H,5-6,9-10H2,1H3. The molecule has 0 unspecified atom stereocenters. The lowest BCUT2D eigenvalue weighted by Crippen LogP contribution is -1.95. The van der Waals surface area contributed by atoms with Crippen LogP contribution in [0, 0.1) is 0 Å². The molecular weight excluding hydrogens is 210 g/mol. The average molecular weight is 226 g/mol. The summed E-state index contributed by atoms with van der Waals surface area (Å²) in [6, 6.07) is 10.00. The number of alkyl halides is 1. The number of rotatable bonds is 6. The number of benzene rings is 1. The summed E-state index contributed by atoms with van der Waals surface area (Å²) in [6.45, 7) is 2.48. The summed E-state index contributed by atoms with van der Waals surface area (Å²) in [7, 11) is 0. The highest BCUT2D eigenvalue weighted by Crippen LogP contribution is 2.02. The zero-order chi connectivity index (χ0) is 10.9. The molecule has 3 heteroatoms. The van der Waals surface area contributed by atoms with Gasteiger partial charge in [-0.25, -0.2) is 0 Å². The van der Waals surface area contributed by atoms with Crippen molar-refractivity contribution in [3.8, 4) is 0 Å². The maximum absolute atomic E-state index is 5.58. The van der Waals surface area contributed by atoms with Gasteiger partial charge in [0.1, 0.15) is 6.61 Å². The van der Waals surface area contributed by atoms with Gasteiger partial charge in [-0.15, -0.1) is 11.6 Å². The Bertz CT molecular complexity index is 298. The van der Waals surface area contributed by atoms with Crippen molar-refractivity contribution in [3.63, 3.8) is 0 Å². The van der Waals surface area contributed by atoms with Gasteiger partial charge in [0.2, 0.25) is 0 Å². The first kappa shape index (κ1) is 12.1. The summed E-state index contributed by atoms with van der Waals surface area (Å²) >= 11 is 5.58. The van der Waals surface area contributed by atoms with Gasteiger partial charge < -0.3 is 4.84 Å². The van der Waals surface area contributed by atoms with E-state index in [1.807, 2.05) is 37.3 Å². The van der Waals surface area contributed by atoms with Gasteiger partial charge >= 0.3 is 0 Å². The molecule has 0 saturated carbocycles. The molecule has 0 amide bonds. The fourth-order valence-electron chi connectivity index (χ4n) is 1.16. The van der Waals surface area contributed by atoms with Crippen molar-refractivity contribution in [3.05, 3.63) is 35.9 Å². The van der Waals surface area contributed by atoms with E-state index in [2.05, 4.69) is 5.16 Å². The van der Waals surface area contributed by atoms with E-state index in [4.69, 9.17) is 16.4 Å². The van der Waals surface area contributed by atoms with E-state index in [-0.39, 0.29) is 0 Å². The molecule has 0 bridgehead atoms. The summed E-state index contributed by atoms with van der Waals surface area (Å²) in [5.74, 6) is 0.672. The lowest BCUT2D eigenvalue weighted by Gasteiger charge is -2.01. The van der Waals surface area contributed by atoms with Gasteiger partial charge in [0.15, 0.2) is 0 Å². The van der Waals surface area contributed by atoms with Crippen LogP contribution in [-0.4, -0.2) is 11.6 Å². The van der Waals surface area contributed by atoms with Gasteiger partial charge in [-0.1, -0.05) is 35.5 Å². The molecule has 15 heavy (non-hydrogen) atoms. The van der Waals surface area contributed by atoms with E-state index in [0.717, 1.165) is 24.1 Å². The summed E-state index contributed by atoms with van der Waals surface area (Å²) in [4.78, 5) is 5.22. The van der Waals surface area contributed by atoms with Crippen LogP contribution in [0.2, 0.25) is 0 Å². The third-order valence-electron chi connectivity index (χ3n) is 1.97. The van der Waals surface area contributed by atoms with Gasteiger partial charge in [-0.05, 0) is 25.3 Å². The molecule has 0 aliphatic heterocycles. The van der Waals surface area contributed by atoms with Gasteiger partial charge in [-0.2, -0.15) is 0 Å². The smallest absolute Gasteiger partial charge is 0.142 e. The fraction of sp³-hybridized carbons (Fsp3) is 0.417. The van der Waals surface area contributed by atoms with Crippen molar-refractivity contribution in [1.82, 2.24) is 0 Å². The van der Waals surface area contributed by atoms with Crippen LogP contribution in [0.4, 0.5) is 0 Å². The lowest BCUT2D eigenvalue weighted by molar-refractivity contribution is 0.129. The second kappa shape index (κ2) is 7.30. The summed E-state index contributed by atoms with van der Waals surface area (Å²) < 4.78 is 0. The van der Waals surface area contributed by atoms with Crippen molar-refractivity contribution in [1.29, 1.82) is 0 Å². The molecule has 0 heterocycles. The first-order valence-electron chi connectivity index (χ1n) is 5.08. The molecule has 0 aliphatic carbocycles. The van der Waals surface area contributed by atoms with Crippen molar-refractivity contribution in [2.24, 2.45) is 5.16 Å². The van der Waals surface area contributed by atoms with Crippen molar-refractivity contribution < 1.29 is 4.84 Å². The van der Waals surface area contributed by atoms with Crippen LogP contribution >= 0.6 is 11.6 Å². The fourth-order valence-corrected chi connectivity index (χ4v) is 1.29. The van der Waals surface area contributed by atoms with E-state index < -0.39 is 0 Å². The maximum atomic E-state index is 5.58. The van der Waals surface area contributed by atoms with Crippen molar-refractivity contribution in [2.45, 2.75) is 26.4 Å². The van der Waals surface area contributed by atoms with Crippen molar-refractivity contribution in [2.75, 3.05) is 5.88 Å². The van der Waals surface area contributed by atoms with E-state index in [9.17, 15) is 0 Å². The Hall–Kier alpha value is -1.02. The van der Waals surface area contributed by atoms with Gasteiger partial charge in [0, 0.05) is 5.88 Å². The van der Waals surface area contributed by atoms with E-state index in [1.165, 1.54) is 0 Å². The number of nitrogens with zero attached hydrogens (tertiary/aromatic N) is 1. The van der Waals surface area contributed by atoms with Crippen LogP contribution in [0.25, 0.3) is 0 Å². The summed E-state index contributed by atoms with van der Waals surface area (Å²) in [6.07, 6.45) is 1.85. The Balaban J connectivity index is 2.26. The molecule has 1 rings (SSSR count). The molecule has 0 N–H and O–H groups in total. The second-order valence-corrected chi connectivity index (χ2v) is 3.76. The average Bonchev–Trinajstić information content (AvgIpc) is 2.28. The van der Waals surface area contributed by atoms with E-state index >= 15 is 0 Å². The second-order valence-electron chi connectivity index (χ2n) is 3.38. The van der Waals surface area contributed by atoms with E-state index in [0.29, 0.717) is 12.5 Å². The lowest BCUT2D eigenvalue weighted by atomic mass is 10.2. The molecule has 0 saturated heterocycles. The predicted octanol–water partition coefficient (Wildman–Crippen LogP) is 3.60. The van der Waals surface area contributed by atoms with Crippen molar-refractivity contribution >= 4 is 17.3 Å². The minimum atomic E-state index is 0.527. The predicted molar refractivity (Wildman–Crippen MR) is 64.3 cm³/mol. The van der Waals surface area contributed by atoms with E-state index in [1.54, 1.807) is 0 Å². The molecule has 82 valence electrons. The topological polar surface area (TPSA) is 21.6 Å². The Morgan fingerprint density at radius 3 is 2.73 bits per heavy atom. The number of oxime groups is 1. The molecule has 0 aromatic heterocycles. The monoisotopic (exact) mass is 225 g/mol. The number of halogens is 1.